The predicted octanol–water partition coefficient (Wildman–Crippen LogP) is 1.49. The molecule has 0 saturated carbocycles. The summed E-state index contributed by atoms with van der Waals surface area (Å²) in [5.74, 6) is -0.109. The fourth-order valence-electron chi connectivity index (χ4n) is 3.30. The lowest BCUT2D eigenvalue weighted by Crippen LogP contribution is -2.43. The number of aromatic nitrogens is 1. The van der Waals surface area contributed by atoms with Crippen LogP contribution in [-0.2, 0) is 13.5 Å². The molecule has 1 saturated heterocycles. The molecule has 1 fully saturated rings. The number of amides is 3. The van der Waals surface area contributed by atoms with E-state index in [0.717, 1.165) is 12.8 Å². The van der Waals surface area contributed by atoms with Crippen LogP contribution in [0.1, 0.15) is 22.3 Å². The number of urea groups is 1. The fraction of sp³-hybridized carbons (Fsp3) is 0.381. The van der Waals surface area contributed by atoms with Gasteiger partial charge in [0.2, 0.25) is 5.56 Å². The number of hydrogen-bond acceptors (Lipinski definition) is 3. The Morgan fingerprint density at radius 2 is 1.68 bits per heavy atom. The van der Waals surface area contributed by atoms with Gasteiger partial charge in [-0.3, -0.25) is 9.59 Å². The van der Waals surface area contributed by atoms with Crippen LogP contribution < -0.4 is 10.9 Å². The summed E-state index contributed by atoms with van der Waals surface area (Å²) in [5, 5.41) is 2.96. The van der Waals surface area contributed by atoms with Crippen molar-refractivity contribution < 1.29 is 9.59 Å². The summed E-state index contributed by atoms with van der Waals surface area (Å²) in [6.45, 7) is 2.77. The van der Waals surface area contributed by atoms with Gasteiger partial charge in [-0.15, -0.1) is 0 Å². The van der Waals surface area contributed by atoms with Crippen LogP contribution in [0, 0.1) is 0 Å². The molecule has 3 amide bonds. The number of rotatable bonds is 4. The van der Waals surface area contributed by atoms with E-state index in [4.69, 9.17) is 0 Å². The number of pyridine rings is 1. The summed E-state index contributed by atoms with van der Waals surface area (Å²) in [6, 6.07) is 12.9. The van der Waals surface area contributed by atoms with E-state index in [0.29, 0.717) is 38.3 Å². The molecule has 7 nitrogen and oxygen atoms in total. The third kappa shape index (κ3) is 5.00. The molecule has 1 aliphatic rings. The number of carbonyl (C=O) groups excluding carboxylic acids is 2. The second-order valence-electron chi connectivity index (χ2n) is 6.97. The minimum absolute atomic E-state index is 0.0904. The standard InChI is InChI=1S/C21H26N4O3/c1-23-16-18(8-9-19(23)26)20(27)24-12-5-13-25(15-14-24)21(28)22-11-10-17-6-3-2-4-7-17/h2-4,6-9,16H,5,10-15H2,1H3,(H,22,28). The van der Waals surface area contributed by atoms with Gasteiger partial charge >= 0.3 is 6.03 Å². The van der Waals surface area contributed by atoms with Crippen molar-refractivity contribution >= 4 is 11.9 Å². The molecular formula is C21H26N4O3. The Bertz CT molecular complexity index is 879. The highest BCUT2D eigenvalue weighted by Gasteiger charge is 2.23. The Morgan fingerprint density at radius 3 is 2.43 bits per heavy atom. The van der Waals surface area contributed by atoms with Gasteiger partial charge in [-0.1, -0.05) is 30.3 Å². The van der Waals surface area contributed by atoms with E-state index in [2.05, 4.69) is 5.32 Å². The summed E-state index contributed by atoms with van der Waals surface area (Å²) in [7, 11) is 1.63. The van der Waals surface area contributed by atoms with Crippen LogP contribution in [0.25, 0.3) is 0 Å². The number of nitrogens with one attached hydrogen (secondary N) is 1. The normalized spacial score (nSPS) is 14.5. The molecule has 1 aliphatic heterocycles. The predicted molar refractivity (Wildman–Crippen MR) is 107 cm³/mol. The number of carbonyl (C=O) groups is 2. The van der Waals surface area contributed by atoms with Gasteiger partial charge in [0.15, 0.2) is 0 Å². The van der Waals surface area contributed by atoms with E-state index in [-0.39, 0.29) is 17.5 Å². The zero-order chi connectivity index (χ0) is 19.9. The molecule has 1 N–H and O–H groups in total. The Morgan fingerprint density at radius 1 is 0.964 bits per heavy atom. The van der Waals surface area contributed by atoms with E-state index >= 15 is 0 Å². The van der Waals surface area contributed by atoms with E-state index in [9.17, 15) is 14.4 Å². The van der Waals surface area contributed by atoms with E-state index < -0.39 is 0 Å². The van der Waals surface area contributed by atoms with Gasteiger partial charge in [-0.2, -0.15) is 0 Å². The molecule has 0 bridgehead atoms. The highest BCUT2D eigenvalue weighted by Crippen LogP contribution is 2.09. The number of benzene rings is 1. The largest absolute Gasteiger partial charge is 0.338 e. The number of nitrogens with zero attached hydrogens (tertiary/aromatic N) is 3. The molecule has 1 aromatic heterocycles. The van der Waals surface area contributed by atoms with Gasteiger partial charge in [0.1, 0.15) is 0 Å². The molecule has 1 aromatic carbocycles. The topological polar surface area (TPSA) is 74.7 Å². The van der Waals surface area contributed by atoms with E-state index in [1.807, 2.05) is 30.3 Å². The summed E-state index contributed by atoms with van der Waals surface area (Å²) in [5.41, 5.74) is 1.53. The maximum absolute atomic E-state index is 12.7. The zero-order valence-electron chi connectivity index (χ0n) is 16.1. The van der Waals surface area contributed by atoms with Gasteiger partial charge in [0.25, 0.3) is 5.91 Å². The van der Waals surface area contributed by atoms with Crippen LogP contribution in [0.15, 0.2) is 53.5 Å². The lowest BCUT2D eigenvalue weighted by atomic mass is 10.1. The average Bonchev–Trinajstić information content (AvgIpc) is 2.96. The molecule has 7 heteroatoms. The molecule has 0 aliphatic carbocycles. The summed E-state index contributed by atoms with van der Waals surface area (Å²) < 4.78 is 1.40. The minimum atomic E-state index is -0.147. The van der Waals surface area contributed by atoms with Crippen molar-refractivity contribution in [3.63, 3.8) is 0 Å². The average molecular weight is 382 g/mol. The number of hydrogen-bond donors (Lipinski definition) is 1. The van der Waals surface area contributed by atoms with Crippen molar-refractivity contribution in [1.29, 1.82) is 0 Å². The van der Waals surface area contributed by atoms with Crippen LogP contribution in [-0.4, -0.2) is 59.0 Å². The van der Waals surface area contributed by atoms with Crippen molar-refractivity contribution in [2.75, 3.05) is 32.7 Å². The van der Waals surface area contributed by atoms with Crippen molar-refractivity contribution in [1.82, 2.24) is 19.7 Å². The fourth-order valence-corrected chi connectivity index (χ4v) is 3.30. The highest BCUT2D eigenvalue weighted by atomic mass is 16.2. The van der Waals surface area contributed by atoms with E-state index in [1.165, 1.54) is 16.2 Å². The van der Waals surface area contributed by atoms with Gasteiger partial charge < -0.3 is 19.7 Å². The first kappa shape index (κ1) is 19.7. The smallest absolute Gasteiger partial charge is 0.317 e. The minimum Gasteiger partial charge on any atom is -0.338 e. The monoisotopic (exact) mass is 382 g/mol. The Kier molecular flexibility index (Phi) is 6.47. The molecule has 0 unspecified atom stereocenters. The van der Waals surface area contributed by atoms with Crippen LogP contribution in [0.4, 0.5) is 4.79 Å². The van der Waals surface area contributed by atoms with E-state index in [1.54, 1.807) is 29.1 Å². The first-order chi connectivity index (χ1) is 13.5. The van der Waals surface area contributed by atoms with Gasteiger partial charge in [0.05, 0.1) is 5.56 Å². The lowest BCUT2D eigenvalue weighted by molar-refractivity contribution is 0.0761. The molecule has 0 radical (unpaired) electrons. The summed E-state index contributed by atoms with van der Waals surface area (Å²) >= 11 is 0. The third-order valence-electron chi connectivity index (χ3n) is 4.94. The Labute approximate surface area is 164 Å². The first-order valence-corrected chi connectivity index (χ1v) is 9.57. The van der Waals surface area contributed by atoms with Gasteiger partial charge in [0, 0.05) is 52.0 Å². The second-order valence-corrected chi connectivity index (χ2v) is 6.97. The SMILES string of the molecule is Cn1cc(C(=O)N2CCCN(C(=O)NCCc3ccccc3)CC2)ccc1=O. The Balaban J connectivity index is 1.51. The number of aryl methyl sites for hydroxylation is 1. The molecule has 2 heterocycles. The quantitative estimate of drug-likeness (QED) is 0.871. The molecule has 3 rings (SSSR count). The third-order valence-corrected chi connectivity index (χ3v) is 4.94. The van der Waals surface area contributed by atoms with Crippen LogP contribution in [0.3, 0.4) is 0 Å². The van der Waals surface area contributed by atoms with Crippen LogP contribution in [0.2, 0.25) is 0 Å². The zero-order valence-corrected chi connectivity index (χ0v) is 16.1. The first-order valence-electron chi connectivity index (χ1n) is 9.57. The summed E-state index contributed by atoms with van der Waals surface area (Å²) in [4.78, 5) is 40.2. The van der Waals surface area contributed by atoms with Crippen molar-refractivity contribution in [3.05, 3.63) is 70.1 Å². The molecule has 2 aromatic rings. The molecule has 0 spiro atoms. The van der Waals surface area contributed by atoms with Crippen LogP contribution >= 0.6 is 0 Å². The van der Waals surface area contributed by atoms with Gasteiger partial charge in [-0.25, -0.2) is 4.79 Å². The Hall–Kier alpha value is -3.09. The molecule has 148 valence electrons. The molecule has 0 atom stereocenters. The van der Waals surface area contributed by atoms with Crippen molar-refractivity contribution in [3.8, 4) is 0 Å². The van der Waals surface area contributed by atoms with Crippen LogP contribution in [0.5, 0.6) is 0 Å². The summed E-state index contributed by atoms with van der Waals surface area (Å²) in [6.07, 6.45) is 3.07. The lowest BCUT2D eigenvalue weighted by Gasteiger charge is -2.22. The molecule has 28 heavy (non-hydrogen) atoms. The van der Waals surface area contributed by atoms with Crippen molar-refractivity contribution in [2.45, 2.75) is 12.8 Å². The maximum Gasteiger partial charge on any atom is 0.317 e. The second kappa shape index (κ2) is 9.21. The highest BCUT2D eigenvalue weighted by molar-refractivity contribution is 5.94. The van der Waals surface area contributed by atoms with Gasteiger partial charge in [-0.05, 0) is 24.5 Å². The maximum atomic E-state index is 12.7. The molecular weight excluding hydrogens is 356 g/mol. The van der Waals surface area contributed by atoms with Crippen molar-refractivity contribution in [2.24, 2.45) is 7.05 Å².